The number of aryl methyl sites for hydroxylation is 2. The van der Waals surface area contributed by atoms with Crippen LogP contribution in [0.15, 0.2) is 46.2 Å². The molecule has 218 valence electrons. The lowest BCUT2D eigenvalue weighted by atomic mass is 9.94. The zero-order valence-electron chi connectivity index (χ0n) is 23.8. The first-order chi connectivity index (χ1) is 18.2. The quantitative estimate of drug-likeness (QED) is 0.175. The number of ether oxygens (including phenoxy) is 3. The van der Waals surface area contributed by atoms with E-state index < -0.39 is 25.1 Å². The van der Waals surface area contributed by atoms with E-state index in [9.17, 15) is 9.36 Å². The third-order valence-corrected chi connectivity index (χ3v) is 8.14. The molecule has 0 saturated carbocycles. The number of carbonyl (C=O) groups excluding carboxylic acids is 1. The van der Waals surface area contributed by atoms with Gasteiger partial charge in [-0.2, -0.15) is 0 Å². The molecule has 0 radical (unpaired) electrons. The molecule has 1 atom stereocenters. The minimum absolute atomic E-state index is 0.144. The van der Waals surface area contributed by atoms with Crippen LogP contribution in [-0.4, -0.2) is 52.0 Å². The second-order valence-electron chi connectivity index (χ2n) is 10.1. The molecule has 9 nitrogen and oxygen atoms in total. The average Bonchev–Trinajstić information content (AvgIpc) is 2.85. The molecule has 2 aromatic carbocycles. The summed E-state index contributed by atoms with van der Waals surface area (Å²) in [5, 5.41) is 3.42. The van der Waals surface area contributed by atoms with E-state index in [1.165, 1.54) is 26.0 Å². The van der Waals surface area contributed by atoms with Gasteiger partial charge in [-0.15, -0.1) is 0 Å². The van der Waals surface area contributed by atoms with E-state index in [4.69, 9.17) is 39.4 Å². The van der Waals surface area contributed by atoms with Crippen molar-refractivity contribution in [3.63, 3.8) is 0 Å². The molecule has 12 heteroatoms. The lowest BCUT2D eigenvalue weighted by Crippen LogP contribution is -2.51. The van der Waals surface area contributed by atoms with Gasteiger partial charge in [0.1, 0.15) is 11.4 Å². The molecular formula is C27H39ClNO8PS. The number of halogens is 1. The predicted octanol–water partition coefficient (Wildman–Crippen LogP) is 7.42. The van der Waals surface area contributed by atoms with Crippen molar-refractivity contribution in [2.24, 2.45) is 0 Å². The highest BCUT2D eigenvalue weighted by molar-refractivity contribution is 7.99. The summed E-state index contributed by atoms with van der Waals surface area (Å²) in [5.41, 5.74) is 0.319. The molecule has 1 amide bonds. The first-order valence-electron chi connectivity index (χ1n) is 12.3. The van der Waals surface area contributed by atoms with E-state index in [0.29, 0.717) is 17.9 Å². The summed E-state index contributed by atoms with van der Waals surface area (Å²) in [7, 11) is 0.271. The van der Waals surface area contributed by atoms with Gasteiger partial charge in [-0.05, 0) is 82.9 Å². The van der Waals surface area contributed by atoms with Crippen LogP contribution in [0.3, 0.4) is 0 Å². The van der Waals surface area contributed by atoms with Crippen molar-refractivity contribution in [3.8, 4) is 5.75 Å². The van der Waals surface area contributed by atoms with Crippen molar-refractivity contribution in [1.29, 1.82) is 0 Å². The molecule has 0 aliphatic heterocycles. The number of phosphoric ester groups is 1. The number of hydrogen-bond acceptors (Lipinski definition) is 9. The van der Waals surface area contributed by atoms with Gasteiger partial charge in [-0.3, -0.25) is 13.6 Å². The Hall–Kier alpha value is -1.78. The van der Waals surface area contributed by atoms with Crippen LogP contribution in [0.25, 0.3) is 0 Å². The third kappa shape index (κ3) is 11.3. The van der Waals surface area contributed by atoms with Gasteiger partial charge in [-0.1, -0.05) is 35.5 Å². The van der Waals surface area contributed by atoms with Gasteiger partial charge in [0.05, 0.1) is 17.0 Å². The van der Waals surface area contributed by atoms with Crippen LogP contribution in [0.2, 0.25) is 5.02 Å². The highest BCUT2D eigenvalue weighted by atomic mass is 35.5. The molecule has 0 heterocycles. The molecule has 2 rings (SSSR count). The van der Waals surface area contributed by atoms with Crippen molar-refractivity contribution in [1.82, 2.24) is 5.32 Å². The van der Waals surface area contributed by atoms with Gasteiger partial charge in [0.2, 0.25) is 0 Å². The maximum absolute atomic E-state index is 12.6. The zero-order chi connectivity index (χ0) is 29.3. The molecule has 0 aliphatic carbocycles. The first kappa shape index (κ1) is 33.4. The summed E-state index contributed by atoms with van der Waals surface area (Å²) in [6.45, 7) is 9.11. The maximum atomic E-state index is 12.6. The summed E-state index contributed by atoms with van der Waals surface area (Å²) in [6.07, 6.45) is 0.274. The molecule has 0 aliphatic rings. The number of carbonyl (C=O) groups is 1. The Kier molecular flexibility index (Phi) is 12.6. The van der Waals surface area contributed by atoms with E-state index in [2.05, 4.69) is 5.32 Å². The Morgan fingerprint density at radius 1 is 1.05 bits per heavy atom. The Balaban J connectivity index is 2.19. The second-order valence-corrected chi connectivity index (χ2v) is 13.5. The van der Waals surface area contributed by atoms with Crippen LogP contribution in [-0.2, 0) is 34.0 Å². The van der Waals surface area contributed by atoms with Crippen LogP contribution in [0, 0.1) is 6.92 Å². The summed E-state index contributed by atoms with van der Waals surface area (Å²) < 4.78 is 43.9. The Bertz CT molecular complexity index is 1150. The number of rotatable bonds is 14. The molecule has 0 bridgehead atoms. The van der Waals surface area contributed by atoms with E-state index >= 15 is 0 Å². The number of hydrogen-bond donors (Lipinski definition) is 1. The van der Waals surface area contributed by atoms with Crippen molar-refractivity contribution in [2.45, 2.75) is 68.4 Å². The number of phosphoric acid groups is 1. The monoisotopic (exact) mass is 603 g/mol. The van der Waals surface area contributed by atoms with Gasteiger partial charge in [0.25, 0.3) is 0 Å². The second kappa shape index (κ2) is 14.7. The first-order valence-corrected chi connectivity index (χ1v) is 14.9. The topological polar surface area (TPSA) is 102 Å². The lowest BCUT2D eigenvalue weighted by Gasteiger charge is -2.32. The van der Waals surface area contributed by atoms with E-state index in [1.54, 1.807) is 34.8 Å². The van der Waals surface area contributed by atoms with E-state index in [0.717, 1.165) is 26.7 Å². The van der Waals surface area contributed by atoms with Crippen molar-refractivity contribution in [2.75, 3.05) is 34.7 Å². The van der Waals surface area contributed by atoms with Crippen LogP contribution >= 0.6 is 31.2 Å². The Labute approximate surface area is 240 Å². The van der Waals surface area contributed by atoms with Crippen molar-refractivity contribution < 1.29 is 37.1 Å². The van der Waals surface area contributed by atoms with Gasteiger partial charge in [-0.25, -0.2) is 9.36 Å². The maximum Gasteiger partial charge on any atom is 0.474 e. The fraction of sp³-hybridized carbons (Fsp3) is 0.519. The van der Waals surface area contributed by atoms with Gasteiger partial charge in [0.15, 0.2) is 6.79 Å². The predicted molar refractivity (Wildman–Crippen MR) is 153 cm³/mol. The average molecular weight is 604 g/mol. The molecule has 0 spiro atoms. The van der Waals surface area contributed by atoms with Crippen LogP contribution in [0.4, 0.5) is 4.79 Å². The molecule has 1 N–H and O–H groups in total. The molecule has 39 heavy (non-hydrogen) atoms. The molecule has 2 aromatic rings. The highest BCUT2D eigenvalue weighted by Gasteiger charge is 2.34. The summed E-state index contributed by atoms with van der Waals surface area (Å²) >= 11 is 8.21. The standard InChI is InChI=1S/C27H39ClNO8PS/c1-19-9-12-23(35-18-32-6)24(15-19)39-21-11-10-20(22(28)16-21)13-14-27(5,17-36-38(31,33-7)34-8)29-25(30)37-26(2,3)4/h9-12,15-16H,13-14,17-18H2,1-8H3,(H,29,30). The zero-order valence-corrected chi connectivity index (χ0v) is 26.3. The molecular weight excluding hydrogens is 565 g/mol. The third-order valence-electron chi connectivity index (χ3n) is 5.42. The van der Waals surface area contributed by atoms with Crippen LogP contribution < -0.4 is 10.1 Å². The lowest BCUT2D eigenvalue weighted by molar-refractivity contribution is 0.0389. The number of alkyl carbamates (subject to hydrolysis) is 1. The Morgan fingerprint density at radius 2 is 1.74 bits per heavy atom. The van der Waals surface area contributed by atoms with Crippen molar-refractivity contribution in [3.05, 3.63) is 52.5 Å². The highest BCUT2D eigenvalue weighted by Crippen LogP contribution is 2.48. The number of benzene rings is 2. The molecule has 0 fully saturated rings. The fourth-order valence-electron chi connectivity index (χ4n) is 3.39. The van der Waals surface area contributed by atoms with Gasteiger partial charge in [0, 0.05) is 31.2 Å². The van der Waals surface area contributed by atoms with Crippen molar-refractivity contribution >= 4 is 37.3 Å². The summed E-state index contributed by atoms with van der Waals surface area (Å²) in [4.78, 5) is 14.5. The van der Waals surface area contributed by atoms with E-state index in [-0.39, 0.29) is 13.4 Å². The summed E-state index contributed by atoms with van der Waals surface area (Å²) in [5.74, 6) is 0.723. The largest absolute Gasteiger partial charge is 0.474 e. The minimum Gasteiger partial charge on any atom is -0.466 e. The molecule has 1 unspecified atom stereocenters. The van der Waals surface area contributed by atoms with E-state index in [1.807, 2.05) is 43.3 Å². The number of amides is 1. The smallest absolute Gasteiger partial charge is 0.466 e. The van der Waals surface area contributed by atoms with Gasteiger partial charge >= 0.3 is 13.9 Å². The normalized spacial score (nSPS) is 13.6. The molecule has 0 saturated heterocycles. The SMILES string of the molecule is COCOc1ccc(C)cc1Sc1ccc(CCC(C)(COP(=O)(OC)OC)NC(=O)OC(C)(C)C)c(Cl)c1. The minimum atomic E-state index is -3.76. The number of methoxy groups -OCH3 is 1. The number of nitrogens with one attached hydrogen (secondary N) is 1. The molecule has 0 aromatic heterocycles. The van der Waals surface area contributed by atoms with Gasteiger partial charge < -0.3 is 19.5 Å². The van der Waals surface area contributed by atoms with Crippen LogP contribution in [0.5, 0.6) is 5.75 Å². The Morgan fingerprint density at radius 3 is 2.33 bits per heavy atom. The fourth-order valence-corrected chi connectivity index (χ4v) is 5.57. The van der Waals surface area contributed by atoms with Crippen LogP contribution in [0.1, 0.15) is 45.2 Å². The summed E-state index contributed by atoms with van der Waals surface area (Å²) in [6, 6.07) is 11.8.